The molecule has 2 heterocycles. The fraction of sp³-hybridized carbons (Fsp3) is 0.625. The van der Waals surface area contributed by atoms with Crippen molar-refractivity contribution in [3.05, 3.63) is 33.8 Å². The number of nitrogens with one attached hydrogen (secondary N) is 1. The topological polar surface area (TPSA) is 24.5 Å². The first kappa shape index (κ1) is 15.6. The summed E-state index contributed by atoms with van der Waals surface area (Å²) in [7, 11) is 0. The van der Waals surface area contributed by atoms with Crippen LogP contribution in [0.2, 0.25) is 10.0 Å². The summed E-state index contributed by atoms with van der Waals surface area (Å²) >= 11 is 12.1. The predicted molar refractivity (Wildman–Crippen MR) is 87.1 cm³/mol. The maximum atomic E-state index is 6.06. The molecule has 2 aliphatic rings. The van der Waals surface area contributed by atoms with Gasteiger partial charge in [0.05, 0.1) is 6.61 Å². The zero-order chi connectivity index (χ0) is 14.7. The zero-order valence-corrected chi connectivity index (χ0v) is 13.7. The van der Waals surface area contributed by atoms with Crippen molar-refractivity contribution >= 4 is 23.2 Å². The Morgan fingerprint density at radius 1 is 1.05 bits per heavy atom. The number of piperidine rings is 1. The summed E-state index contributed by atoms with van der Waals surface area (Å²) in [6, 6.07) is 7.00. The lowest BCUT2D eigenvalue weighted by Gasteiger charge is -2.33. The molecule has 1 N–H and O–H groups in total. The molecule has 0 aliphatic carbocycles. The molecule has 2 fully saturated rings. The highest BCUT2D eigenvalue weighted by Crippen LogP contribution is 2.22. The summed E-state index contributed by atoms with van der Waals surface area (Å²) in [6.45, 7) is 4.96. The fourth-order valence-electron chi connectivity index (χ4n) is 3.22. The second-order valence-corrected chi connectivity index (χ2v) is 6.93. The Hall–Kier alpha value is -0.320. The molecule has 116 valence electrons. The van der Waals surface area contributed by atoms with E-state index in [1.807, 2.05) is 12.1 Å². The molecule has 2 aliphatic heterocycles. The fourth-order valence-corrected chi connectivity index (χ4v) is 3.79. The first-order valence-corrected chi connectivity index (χ1v) is 8.46. The van der Waals surface area contributed by atoms with Gasteiger partial charge in [-0.1, -0.05) is 23.2 Å². The van der Waals surface area contributed by atoms with E-state index >= 15 is 0 Å². The first-order chi connectivity index (χ1) is 10.2. The SMILES string of the molecule is Clc1cc(Cl)cc(CN2CCC(N[C@@H]3CCOC3)CC2)c1. The third kappa shape index (κ3) is 4.57. The second-order valence-electron chi connectivity index (χ2n) is 6.06. The van der Waals surface area contributed by atoms with Gasteiger partial charge in [-0.3, -0.25) is 4.90 Å². The molecule has 21 heavy (non-hydrogen) atoms. The summed E-state index contributed by atoms with van der Waals surface area (Å²) in [6.07, 6.45) is 3.55. The van der Waals surface area contributed by atoms with Crippen molar-refractivity contribution in [1.29, 1.82) is 0 Å². The van der Waals surface area contributed by atoms with E-state index in [-0.39, 0.29) is 0 Å². The minimum atomic E-state index is 0.563. The van der Waals surface area contributed by atoms with Gasteiger partial charge in [0, 0.05) is 35.3 Å². The van der Waals surface area contributed by atoms with Crippen molar-refractivity contribution in [2.75, 3.05) is 26.3 Å². The summed E-state index contributed by atoms with van der Waals surface area (Å²) in [4.78, 5) is 2.48. The molecule has 2 saturated heterocycles. The van der Waals surface area contributed by atoms with Crippen LogP contribution in [0.15, 0.2) is 18.2 Å². The molecule has 0 amide bonds. The van der Waals surface area contributed by atoms with Crippen molar-refractivity contribution in [3.8, 4) is 0 Å². The average Bonchev–Trinajstić information content (AvgIpc) is 2.93. The van der Waals surface area contributed by atoms with Crippen molar-refractivity contribution in [2.45, 2.75) is 37.9 Å². The quantitative estimate of drug-likeness (QED) is 0.917. The third-order valence-corrected chi connectivity index (χ3v) is 4.75. The number of halogens is 2. The molecule has 3 nitrogen and oxygen atoms in total. The Balaban J connectivity index is 1.46. The summed E-state index contributed by atoms with van der Waals surface area (Å²) < 4.78 is 5.42. The Bertz CT molecular complexity index is 449. The van der Waals surface area contributed by atoms with E-state index in [0.29, 0.717) is 12.1 Å². The number of ether oxygens (including phenoxy) is 1. The van der Waals surface area contributed by atoms with Gasteiger partial charge in [-0.15, -0.1) is 0 Å². The van der Waals surface area contributed by atoms with Crippen LogP contribution in [0, 0.1) is 0 Å². The molecule has 1 aromatic carbocycles. The molecular formula is C16H22Cl2N2O. The number of nitrogens with zero attached hydrogens (tertiary/aromatic N) is 1. The maximum Gasteiger partial charge on any atom is 0.0620 e. The van der Waals surface area contributed by atoms with Gasteiger partial charge >= 0.3 is 0 Å². The molecule has 3 rings (SSSR count). The van der Waals surface area contributed by atoms with Crippen molar-refractivity contribution in [2.24, 2.45) is 0 Å². The van der Waals surface area contributed by atoms with E-state index in [4.69, 9.17) is 27.9 Å². The molecule has 1 aromatic rings. The van der Waals surface area contributed by atoms with Gasteiger partial charge in [-0.05, 0) is 56.1 Å². The van der Waals surface area contributed by atoms with Crippen LogP contribution in [-0.2, 0) is 11.3 Å². The summed E-state index contributed by atoms with van der Waals surface area (Å²) in [5.74, 6) is 0. The number of hydrogen-bond donors (Lipinski definition) is 1. The predicted octanol–water partition coefficient (Wildman–Crippen LogP) is 3.34. The molecule has 0 aromatic heterocycles. The summed E-state index contributed by atoms with van der Waals surface area (Å²) in [5.41, 5.74) is 1.20. The Kier molecular flexibility index (Phi) is 5.41. The minimum Gasteiger partial charge on any atom is -0.380 e. The molecule has 0 unspecified atom stereocenters. The highest BCUT2D eigenvalue weighted by molar-refractivity contribution is 6.34. The van der Waals surface area contributed by atoms with Gasteiger partial charge in [0.25, 0.3) is 0 Å². The van der Waals surface area contributed by atoms with Crippen LogP contribution in [0.3, 0.4) is 0 Å². The molecule has 0 radical (unpaired) electrons. The van der Waals surface area contributed by atoms with E-state index in [1.54, 1.807) is 6.07 Å². The Morgan fingerprint density at radius 3 is 2.38 bits per heavy atom. The molecular weight excluding hydrogens is 307 g/mol. The summed E-state index contributed by atoms with van der Waals surface area (Å²) in [5, 5.41) is 5.16. The van der Waals surface area contributed by atoms with Gasteiger partial charge in [0.2, 0.25) is 0 Å². The number of benzene rings is 1. The lowest BCUT2D eigenvalue weighted by atomic mass is 10.0. The van der Waals surface area contributed by atoms with E-state index < -0.39 is 0 Å². The Morgan fingerprint density at radius 2 is 1.76 bits per heavy atom. The smallest absolute Gasteiger partial charge is 0.0620 e. The molecule has 1 atom stereocenters. The Labute approximate surface area is 136 Å². The maximum absolute atomic E-state index is 6.06. The van der Waals surface area contributed by atoms with Crippen LogP contribution >= 0.6 is 23.2 Å². The molecule has 0 spiro atoms. The van der Waals surface area contributed by atoms with Gasteiger partial charge < -0.3 is 10.1 Å². The van der Waals surface area contributed by atoms with Crippen LogP contribution in [0.1, 0.15) is 24.8 Å². The van der Waals surface area contributed by atoms with Gasteiger partial charge in [0.1, 0.15) is 0 Å². The average molecular weight is 329 g/mol. The number of rotatable bonds is 4. The van der Waals surface area contributed by atoms with E-state index in [2.05, 4.69) is 10.2 Å². The molecule has 0 bridgehead atoms. The second kappa shape index (κ2) is 7.30. The largest absolute Gasteiger partial charge is 0.380 e. The van der Waals surface area contributed by atoms with E-state index in [0.717, 1.165) is 49.3 Å². The van der Waals surface area contributed by atoms with Crippen molar-refractivity contribution in [1.82, 2.24) is 10.2 Å². The van der Waals surface area contributed by atoms with Crippen LogP contribution < -0.4 is 5.32 Å². The van der Waals surface area contributed by atoms with Crippen LogP contribution in [0.5, 0.6) is 0 Å². The normalized spacial score (nSPS) is 24.6. The highest BCUT2D eigenvalue weighted by atomic mass is 35.5. The van der Waals surface area contributed by atoms with Crippen molar-refractivity contribution in [3.63, 3.8) is 0 Å². The monoisotopic (exact) mass is 328 g/mol. The number of likely N-dealkylation sites (tertiary alicyclic amines) is 1. The third-order valence-electron chi connectivity index (χ3n) is 4.32. The number of hydrogen-bond acceptors (Lipinski definition) is 3. The van der Waals surface area contributed by atoms with E-state index in [1.165, 1.54) is 18.4 Å². The van der Waals surface area contributed by atoms with Crippen molar-refractivity contribution < 1.29 is 4.74 Å². The first-order valence-electron chi connectivity index (χ1n) is 7.70. The van der Waals surface area contributed by atoms with Gasteiger partial charge in [0.15, 0.2) is 0 Å². The highest BCUT2D eigenvalue weighted by Gasteiger charge is 2.23. The van der Waals surface area contributed by atoms with Crippen LogP contribution in [-0.4, -0.2) is 43.3 Å². The van der Waals surface area contributed by atoms with Gasteiger partial charge in [-0.2, -0.15) is 0 Å². The van der Waals surface area contributed by atoms with Crippen LogP contribution in [0.4, 0.5) is 0 Å². The molecule has 0 saturated carbocycles. The standard InChI is InChI=1S/C16H22Cl2N2O/c17-13-7-12(8-14(18)9-13)10-20-4-1-15(2-5-20)19-16-3-6-21-11-16/h7-9,15-16,19H,1-6,10-11H2/t16-/m1/s1. The zero-order valence-electron chi connectivity index (χ0n) is 12.2. The lowest BCUT2D eigenvalue weighted by Crippen LogP contribution is -2.46. The van der Waals surface area contributed by atoms with Gasteiger partial charge in [-0.25, -0.2) is 0 Å². The van der Waals surface area contributed by atoms with Crippen LogP contribution in [0.25, 0.3) is 0 Å². The minimum absolute atomic E-state index is 0.563. The van der Waals surface area contributed by atoms with E-state index in [9.17, 15) is 0 Å². The molecule has 5 heteroatoms. The lowest BCUT2D eigenvalue weighted by molar-refractivity contribution is 0.168.